The van der Waals surface area contributed by atoms with E-state index in [-0.39, 0.29) is 0 Å². The molecule has 1 N–H and O–H groups in total. The van der Waals surface area contributed by atoms with E-state index in [1.165, 1.54) is 0 Å². The Bertz CT molecular complexity index is 690. The average Bonchev–Trinajstić information content (AvgIpc) is 3.03. The highest BCUT2D eigenvalue weighted by molar-refractivity contribution is 5.55. The summed E-state index contributed by atoms with van der Waals surface area (Å²) in [5, 5.41) is 3.06. The first-order chi connectivity index (χ1) is 10.3. The molecule has 3 aromatic rings. The topological polar surface area (TPSA) is 47.3 Å². The van der Waals surface area contributed by atoms with E-state index in [2.05, 4.69) is 10.3 Å². The lowest BCUT2D eigenvalue weighted by Crippen LogP contribution is -1.95. The molecule has 0 saturated heterocycles. The molecule has 0 aliphatic carbocycles. The Kier molecular flexibility index (Phi) is 3.87. The predicted molar refractivity (Wildman–Crippen MR) is 82.3 cm³/mol. The molecule has 4 nitrogen and oxygen atoms in total. The maximum Gasteiger partial charge on any atom is 0.232 e. The minimum absolute atomic E-state index is 0.311. The average molecular weight is 280 g/mol. The van der Waals surface area contributed by atoms with Gasteiger partial charge in [-0.05, 0) is 24.3 Å². The second kappa shape index (κ2) is 6.13. The van der Waals surface area contributed by atoms with Crippen molar-refractivity contribution < 1.29 is 9.15 Å². The Morgan fingerprint density at radius 2 is 1.81 bits per heavy atom. The monoisotopic (exact) mass is 280 g/mol. The number of benzene rings is 2. The summed E-state index contributed by atoms with van der Waals surface area (Å²) in [7, 11) is 1.88. The fourth-order valence-electron chi connectivity index (χ4n) is 1.98. The molecule has 106 valence electrons. The molecular formula is C17H16N2O2. The van der Waals surface area contributed by atoms with Gasteiger partial charge in [0.1, 0.15) is 5.75 Å². The first-order valence-corrected chi connectivity index (χ1v) is 6.76. The van der Waals surface area contributed by atoms with Gasteiger partial charge in [-0.1, -0.05) is 30.3 Å². The summed E-state index contributed by atoms with van der Waals surface area (Å²) in [4.78, 5) is 4.24. The molecule has 0 saturated carbocycles. The first kappa shape index (κ1) is 13.2. The standard InChI is InChI=1S/C17H16N2O2/c1-18-14-7-9-15(10-8-14)20-12-17-19-11-16(21-17)13-5-3-2-4-6-13/h2-11,18H,12H2,1H3. The molecule has 0 bridgehead atoms. The lowest BCUT2D eigenvalue weighted by atomic mass is 10.2. The highest BCUT2D eigenvalue weighted by Gasteiger charge is 2.06. The molecule has 0 atom stereocenters. The van der Waals surface area contributed by atoms with Crippen molar-refractivity contribution in [2.75, 3.05) is 12.4 Å². The zero-order chi connectivity index (χ0) is 14.5. The lowest BCUT2D eigenvalue weighted by Gasteiger charge is -2.05. The number of rotatable bonds is 5. The fourth-order valence-corrected chi connectivity index (χ4v) is 1.98. The number of ether oxygens (including phenoxy) is 1. The van der Waals surface area contributed by atoms with Crippen molar-refractivity contribution >= 4 is 5.69 Å². The Morgan fingerprint density at radius 1 is 1.05 bits per heavy atom. The van der Waals surface area contributed by atoms with E-state index in [0.29, 0.717) is 12.5 Å². The molecule has 0 amide bonds. The third-order valence-electron chi connectivity index (χ3n) is 3.12. The molecule has 1 heterocycles. The van der Waals surface area contributed by atoms with Crippen LogP contribution < -0.4 is 10.1 Å². The summed E-state index contributed by atoms with van der Waals surface area (Å²) in [5.41, 5.74) is 2.06. The highest BCUT2D eigenvalue weighted by atomic mass is 16.5. The molecule has 21 heavy (non-hydrogen) atoms. The third kappa shape index (κ3) is 3.23. The summed E-state index contributed by atoms with van der Waals surface area (Å²) in [6.07, 6.45) is 1.72. The second-order valence-electron chi connectivity index (χ2n) is 4.55. The van der Waals surface area contributed by atoms with Gasteiger partial charge in [0.2, 0.25) is 5.89 Å². The van der Waals surface area contributed by atoms with E-state index in [0.717, 1.165) is 22.8 Å². The van der Waals surface area contributed by atoms with E-state index in [9.17, 15) is 0 Å². The van der Waals surface area contributed by atoms with E-state index < -0.39 is 0 Å². The predicted octanol–water partition coefficient (Wildman–Crippen LogP) is 3.96. The number of hydrogen-bond acceptors (Lipinski definition) is 4. The van der Waals surface area contributed by atoms with E-state index in [1.54, 1.807) is 6.20 Å². The second-order valence-corrected chi connectivity index (χ2v) is 4.55. The fraction of sp³-hybridized carbons (Fsp3) is 0.118. The van der Waals surface area contributed by atoms with Crippen molar-refractivity contribution in [2.45, 2.75) is 6.61 Å². The lowest BCUT2D eigenvalue weighted by molar-refractivity contribution is 0.264. The van der Waals surface area contributed by atoms with Gasteiger partial charge in [-0.3, -0.25) is 0 Å². The third-order valence-corrected chi connectivity index (χ3v) is 3.12. The molecule has 0 radical (unpaired) electrons. The molecule has 0 fully saturated rings. The zero-order valence-corrected chi connectivity index (χ0v) is 11.7. The van der Waals surface area contributed by atoms with Crippen molar-refractivity contribution in [3.05, 3.63) is 66.7 Å². The summed E-state index contributed by atoms with van der Waals surface area (Å²) in [6, 6.07) is 17.6. The number of anilines is 1. The van der Waals surface area contributed by atoms with Gasteiger partial charge in [0.15, 0.2) is 12.4 Å². The van der Waals surface area contributed by atoms with Crippen LogP contribution in [0.3, 0.4) is 0 Å². The van der Waals surface area contributed by atoms with Crippen molar-refractivity contribution in [3.63, 3.8) is 0 Å². The summed E-state index contributed by atoms with van der Waals surface area (Å²) in [6.45, 7) is 0.311. The molecule has 3 rings (SSSR count). The van der Waals surface area contributed by atoms with Crippen molar-refractivity contribution in [1.29, 1.82) is 0 Å². The van der Waals surface area contributed by atoms with Crippen LogP contribution in [0.2, 0.25) is 0 Å². The maximum absolute atomic E-state index is 5.69. The van der Waals surface area contributed by atoms with Gasteiger partial charge in [0.25, 0.3) is 0 Å². The van der Waals surface area contributed by atoms with Crippen LogP contribution in [-0.2, 0) is 6.61 Å². The van der Waals surface area contributed by atoms with Gasteiger partial charge in [-0.25, -0.2) is 4.98 Å². The Balaban J connectivity index is 1.64. The SMILES string of the molecule is CNc1ccc(OCc2ncc(-c3ccccc3)o2)cc1. The van der Waals surface area contributed by atoms with Crippen molar-refractivity contribution in [1.82, 2.24) is 4.98 Å². The van der Waals surface area contributed by atoms with Gasteiger partial charge < -0.3 is 14.5 Å². The van der Waals surface area contributed by atoms with Crippen LogP contribution in [-0.4, -0.2) is 12.0 Å². The Hall–Kier alpha value is -2.75. The smallest absolute Gasteiger partial charge is 0.232 e. The molecule has 0 spiro atoms. The number of nitrogens with zero attached hydrogens (tertiary/aromatic N) is 1. The first-order valence-electron chi connectivity index (χ1n) is 6.76. The maximum atomic E-state index is 5.69. The van der Waals surface area contributed by atoms with Crippen LogP contribution in [0.1, 0.15) is 5.89 Å². The van der Waals surface area contributed by atoms with Crippen LogP contribution >= 0.6 is 0 Å². The van der Waals surface area contributed by atoms with Gasteiger partial charge >= 0.3 is 0 Å². The zero-order valence-electron chi connectivity index (χ0n) is 11.7. The van der Waals surface area contributed by atoms with Crippen molar-refractivity contribution in [2.24, 2.45) is 0 Å². The Labute approximate surface area is 123 Å². The molecule has 2 aromatic carbocycles. The quantitative estimate of drug-likeness (QED) is 0.768. The van der Waals surface area contributed by atoms with E-state index in [4.69, 9.17) is 9.15 Å². The number of hydrogen-bond donors (Lipinski definition) is 1. The van der Waals surface area contributed by atoms with Crippen LogP contribution in [0.4, 0.5) is 5.69 Å². The number of oxazole rings is 1. The highest BCUT2D eigenvalue weighted by Crippen LogP contribution is 2.21. The van der Waals surface area contributed by atoms with Gasteiger partial charge in [-0.2, -0.15) is 0 Å². The molecule has 1 aromatic heterocycles. The summed E-state index contributed by atoms with van der Waals surface area (Å²) < 4.78 is 11.3. The summed E-state index contributed by atoms with van der Waals surface area (Å²) >= 11 is 0. The van der Waals surface area contributed by atoms with Crippen molar-refractivity contribution in [3.8, 4) is 17.1 Å². The minimum atomic E-state index is 0.311. The number of nitrogens with one attached hydrogen (secondary N) is 1. The molecule has 4 heteroatoms. The largest absolute Gasteiger partial charge is 0.484 e. The van der Waals surface area contributed by atoms with Crippen LogP contribution in [0.5, 0.6) is 5.75 Å². The Morgan fingerprint density at radius 3 is 2.52 bits per heavy atom. The molecule has 0 unspecified atom stereocenters. The van der Waals surface area contributed by atoms with E-state index in [1.807, 2.05) is 61.6 Å². The molecule has 0 aliphatic rings. The van der Waals surface area contributed by atoms with Gasteiger partial charge in [0.05, 0.1) is 6.20 Å². The van der Waals surface area contributed by atoms with E-state index >= 15 is 0 Å². The van der Waals surface area contributed by atoms with Crippen LogP contribution in [0.15, 0.2) is 65.2 Å². The molecule has 0 aliphatic heterocycles. The van der Waals surface area contributed by atoms with Crippen LogP contribution in [0.25, 0.3) is 11.3 Å². The minimum Gasteiger partial charge on any atom is -0.484 e. The summed E-state index contributed by atoms with van der Waals surface area (Å²) in [5.74, 6) is 2.10. The normalized spacial score (nSPS) is 10.3. The van der Waals surface area contributed by atoms with Gasteiger partial charge in [0, 0.05) is 18.3 Å². The van der Waals surface area contributed by atoms with Crippen LogP contribution in [0, 0.1) is 0 Å². The van der Waals surface area contributed by atoms with Gasteiger partial charge in [-0.15, -0.1) is 0 Å². The molecular weight excluding hydrogens is 264 g/mol. The number of aromatic nitrogens is 1.